The average molecular weight is 334 g/mol. The molecule has 0 aliphatic carbocycles. The molecule has 2 rings (SSSR count). The minimum atomic E-state index is -3.84. The van der Waals surface area contributed by atoms with Crippen LogP contribution in [0.1, 0.15) is 33.6 Å². The van der Waals surface area contributed by atoms with E-state index >= 15 is 0 Å². The van der Waals surface area contributed by atoms with Crippen LogP contribution in [0, 0.1) is 0 Å². The highest BCUT2D eigenvalue weighted by atomic mass is 32.2. The van der Waals surface area contributed by atoms with Gasteiger partial charge in [0.1, 0.15) is 5.60 Å². The highest BCUT2D eigenvalue weighted by molar-refractivity contribution is 7.90. The lowest BCUT2D eigenvalue weighted by atomic mass is 10.2. The number of carbonyl (C=O) groups is 2. The van der Waals surface area contributed by atoms with Crippen LogP contribution in [-0.2, 0) is 19.6 Å². The summed E-state index contributed by atoms with van der Waals surface area (Å²) in [5.41, 5.74) is -0.608. The Morgan fingerprint density at radius 2 is 1.82 bits per heavy atom. The summed E-state index contributed by atoms with van der Waals surface area (Å²) >= 11 is 0. The molecule has 0 bridgehead atoms. The van der Waals surface area contributed by atoms with Gasteiger partial charge in [-0.15, -0.1) is 0 Å². The maximum Gasteiger partial charge on any atom is 0.410 e. The number of rotatable bonds is 2. The Labute approximate surface area is 130 Å². The Morgan fingerprint density at radius 3 is 2.32 bits per heavy atom. The Hall–Kier alpha value is -1.35. The predicted octanol–water partition coefficient (Wildman–Crippen LogP) is 0.485. The molecular weight excluding hydrogens is 312 g/mol. The van der Waals surface area contributed by atoms with E-state index in [-0.39, 0.29) is 25.6 Å². The zero-order valence-electron chi connectivity index (χ0n) is 13.0. The second-order valence-corrected chi connectivity index (χ2v) is 8.71. The van der Waals surface area contributed by atoms with Crippen molar-refractivity contribution in [3.8, 4) is 0 Å². The highest BCUT2D eigenvalue weighted by Crippen LogP contribution is 2.29. The molecule has 126 valence electrons. The summed E-state index contributed by atoms with van der Waals surface area (Å²) in [5, 5.41) is 7.61. The molecule has 8 nitrogen and oxygen atoms in total. The molecule has 1 N–H and O–H groups in total. The van der Waals surface area contributed by atoms with Crippen molar-refractivity contribution < 1.29 is 27.9 Å². The minimum Gasteiger partial charge on any atom is -0.480 e. The SMILES string of the molecule is CC(C)(C)OC(=O)N1CCC(N2CCC(C(=O)O)S2(=O)=O)C1. The number of sulfonamides is 1. The van der Waals surface area contributed by atoms with Gasteiger partial charge in [0, 0.05) is 25.7 Å². The number of hydrogen-bond acceptors (Lipinski definition) is 5. The third kappa shape index (κ3) is 3.35. The van der Waals surface area contributed by atoms with Gasteiger partial charge in [-0.25, -0.2) is 13.2 Å². The summed E-state index contributed by atoms with van der Waals surface area (Å²) < 4.78 is 31.0. The fourth-order valence-corrected chi connectivity index (χ4v) is 4.73. The van der Waals surface area contributed by atoms with Gasteiger partial charge in [-0.2, -0.15) is 4.31 Å². The molecule has 0 spiro atoms. The van der Waals surface area contributed by atoms with Gasteiger partial charge in [-0.3, -0.25) is 4.79 Å². The molecule has 2 aliphatic rings. The van der Waals surface area contributed by atoms with E-state index in [1.54, 1.807) is 20.8 Å². The van der Waals surface area contributed by atoms with E-state index in [9.17, 15) is 18.0 Å². The van der Waals surface area contributed by atoms with Gasteiger partial charge in [-0.05, 0) is 33.6 Å². The largest absolute Gasteiger partial charge is 0.480 e. The minimum absolute atomic E-state index is 0.0839. The van der Waals surface area contributed by atoms with Gasteiger partial charge in [-0.1, -0.05) is 0 Å². The van der Waals surface area contributed by atoms with Crippen LogP contribution in [0.15, 0.2) is 0 Å². The van der Waals surface area contributed by atoms with E-state index in [1.165, 1.54) is 9.21 Å². The molecule has 2 heterocycles. The Balaban J connectivity index is 2.02. The van der Waals surface area contributed by atoms with Crippen LogP contribution < -0.4 is 0 Å². The maximum absolute atomic E-state index is 12.2. The molecule has 0 radical (unpaired) electrons. The van der Waals surface area contributed by atoms with Crippen molar-refractivity contribution in [2.75, 3.05) is 19.6 Å². The van der Waals surface area contributed by atoms with Crippen molar-refractivity contribution >= 4 is 22.1 Å². The summed E-state index contributed by atoms with van der Waals surface area (Å²) in [4.78, 5) is 24.5. The summed E-state index contributed by atoms with van der Waals surface area (Å²) in [6, 6.07) is -0.373. The van der Waals surface area contributed by atoms with E-state index in [0.29, 0.717) is 13.0 Å². The van der Waals surface area contributed by atoms with Gasteiger partial charge >= 0.3 is 12.1 Å². The first-order valence-corrected chi connectivity index (χ1v) is 8.74. The van der Waals surface area contributed by atoms with E-state index in [1.807, 2.05) is 0 Å². The van der Waals surface area contributed by atoms with E-state index in [2.05, 4.69) is 0 Å². The Bertz CT molecular complexity index is 568. The van der Waals surface area contributed by atoms with Gasteiger partial charge in [0.2, 0.25) is 10.0 Å². The zero-order chi connectivity index (χ0) is 16.7. The smallest absolute Gasteiger partial charge is 0.410 e. The monoisotopic (exact) mass is 334 g/mol. The van der Waals surface area contributed by atoms with Crippen LogP contribution in [0.5, 0.6) is 0 Å². The molecule has 0 aromatic carbocycles. The molecular formula is C13H22N2O6S. The first kappa shape index (κ1) is 17.0. The van der Waals surface area contributed by atoms with Crippen molar-refractivity contribution in [3.05, 3.63) is 0 Å². The van der Waals surface area contributed by atoms with Crippen molar-refractivity contribution in [3.63, 3.8) is 0 Å². The molecule has 2 saturated heterocycles. The number of carbonyl (C=O) groups excluding carboxylic acids is 1. The van der Waals surface area contributed by atoms with Gasteiger partial charge in [0.05, 0.1) is 0 Å². The predicted molar refractivity (Wildman–Crippen MR) is 77.9 cm³/mol. The van der Waals surface area contributed by atoms with Gasteiger partial charge < -0.3 is 14.7 Å². The van der Waals surface area contributed by atoms with Crippen LogP contribution in [0.2, 0.25) is 0 Å². The number of ether oxygens (including phenoxy) is 1. The second kappa shape index (κ2) is 5.69. The van der Waals surface area contributed by atoms with Gasteiger partial charge in [0.15, 0.2) is 5.25 Å². The lowest BCUT2D eigenvalue weighted by molar-refractivity contribution is -0.136. The number of carboxylic acids is 1. The fourth-order valence-electron chi connectivity index (χ4n) is 2.79. The first-order chi connectivity index (χ1) is 10.0. The molecule has 0 saturated carbocycles. The van der Waals surface area contributed by atoms with E-state index in [0.717, 1.165) is 0 Å². The Morgan fingerprint density at radius 1 is 1.18 bits per heavy atom. The summed E-state index contributed by atoms with van der Waals surface area (Å²) in [6.45, 7) is 6.12. The topological polar surface area (TPSA) is 104 Å². The van der Waals surface area contributed by atoms with E-state index in [4.69, 9.17) is 9.84 Å². The standard InChI is InChI=1S/C13H22N2O6S/c1-13(2,3)21-12(18)14-6-4-9(8-14)15-7-5-10(11(16)17)22(15,19)20/h9-10H,4-8H2,1-3H3,(H,16,17). The first-order valence-electron chi connectivity index (χ1n) is 7.24. The van der Waals surface area contributed by atoms with Crippen LogP contribution in [0.25, 0.3) is 0 Å². The molecule has 2 atom stereocenters. The molecule has 1 amide bonds. The number of hydrogen-bond donors (Lipinski definition) is 1. The third-order valence-corrected chi connectivity index (χ3v) is 6.09. The summed E-state index contributed by atoms with van der Waals surface area (Å²) in [7, 11) is -3.84. The lowest BCUT2D eigenvalue weighted by Gasteiger charge is -2.26. The maximum atomic E-state index is 12.2. The molecule has 9 heteroatoms. The molecule has 0 aromatic rings. The number of carboxylic acid groups (broad SMARTS) is 1. The lowest BCUT2D eigenvalue weighted by Crippen LogP contribution is -2.43. The normalized spacial score (nSPS) is 28.8. The highest BCUT2D eigenvalue weighted by Gasteiger charge is 2.48. The number of aliphatic carboxylic acids is 1. The third-order valence-electron chi connectivity index (χ3n) is 3.80. The molecule has 22 heavy (non-hydrogen) atoms. The fraction of sp³-hybridized carbons (Fsp3) is 0.846. The molecule has 2 aliphatic heterocycles. The van der Waals surface area contributed by atoms with Crippen LogP contribution in [-0.4, -0.2) is 71.3 Å². The van der Waals surface area contributed by atoms with E-state index < -0.39 is 32.9 Å². The Kier molecular flexibility index (Phi) is 4.40. The number of amides is 1. The van der Waals surface area contributed by atoms with Crippen molar-refractivity contribution in [1.29, 1.82) is 0 Å². The van der Waals surface area contributed by atoms with Crippen LogP contribution >= 0.6 is 0 Å². The van der Waals surface area contributed by atoms with Crippen LogP contribution in [0.3, 0.4) is 0 Å². The van der Waals surface area contributed by atoms with Crippen molar-refractivity contribution in [2.24, 2.45) is 0 Å². The van der Waals surface area contributed by atoms with Crippen molar-refractivity contribution in [1.82, 2.24) is 9.21 Å². The number of likely N-dealkylation sites (tertiary alicyclic amines) is 1. The van der Waals surface area contributed by atoms with Crippen molar-refractivity contribution in [2.45, 2.75) is 50.5 Å². The molecule has 0 aromatic heterocycles. The summed E-state index contributed by atoms with van der Waals surface area (Å²) in [6.07, 6.45) is 0.104. The average Bonchev–Trinajstić information content (AvgIpc) is 2.90. The quantitative estimate of drug-likeness (QED) is 0.788. The zero-order valence-corrected chi connectivity index (χ0v) is 13.8. The second-order valence-electron chi connectivity index (χ2n) is 6.64. The van der Waals surface area contributed by atoms with Gasteiger partial charge in [0.25, 0.3) is 0 Å². The molecule has 2 unspecified atom stereocenters. The van der Waals surface area contributed by atoms with Crippen LogP contribution in [0.4, 0.5) is 4.79 Å². The summed E-state index contributed by atoms with van der Waals surface area (Å²) in [5.74, 6) is -1.32. The molecule has 2 fully saturated rings. The number of nitrogens with zero attached hydrogens (tertiary/aromatic N) is 2.